The van der Waals surface area contributed by atoms with Gasteiger partial charge >= 0.3 is 6.01 Å². The molecule has 1 aliphatic heterocycles. The third-order valence-electron chi connectivity index (χ3n) is 6.08. The fourth-order valence-electron chi connectivity index (χ4n) is 3.94. The quantitative estimate of drug-likeness (QED) is 0.547. The second kappa shape index (κ2) is 9.94. The van der Waals surface area contributed by atoms with Crippen LogP contribution in [0, 0.1) is 19.8 Å². The van der Waals surface area contributed by atoms with Crippen molar-refractivity contribution in [2.45, 2.75) is 38.0 Å². The minimum absolute atomic E-state index is 0.0129. The van der Waals surface area contributed by atoms with Crippen molar-refractivity contribution in [2.75, 3.05) is 25.5 Å². The first kappa shape index (κ1) is 23.9. The molecule has 0 radical (unpaired) electrons. The lowest BCUT2D eigenvalue weighted by Gasteiger charge is -2.30. The Morgan fingerprint density at radius 2 is 1.91 bits per heavy atom. The molecule has 0 aliphatic carbocycles. The first-order valence-electron chi connectivity index (χ1n) is 11.1. The number of ether oxygens (including phenoxy) is 1. The SMILES string of the molecule is COc1ccc(S(=O)(=O)N2CCCC(C(=O)Nc3nnc(Cc4ccc(C)c(C)c4)o3)C2)cc1. The van der Waals surface area contributed by atoms with Gasteiger partial charge in [-0.1, -0.05) is 23.3 Å². The minimum atomic E-state index is -3.72. The van der Waals surface area contributed by atoms with Crippen LogP contribution in [0.15, 0.2) is 51.8 Å². The van der Waals surface area contributed by atoms with E-state index < -0.39 is 15.9 Å². The van der Waals surface area contributed by atoms with E-state index in [9.17, 15) is 13.2 Å². The van der Waals surface area contributed by atoms with Crippen LogP contribution in [0.3, 0.4) is 0 Å². The number of nitrogens with zero attached hydrogens (tertiary/aromatic N) is 3. The molecule has 1 amide bonds. The first-order chi connectivity index (χ1) is 16.3. The molecule has 0 spiro atoms. The molecule has 0 bridgehead atoms. The fraction of sp³-hybridized carbons (Fsp3) is 0.375. The normalized spacial score (nSPS) is 16.9. The van der Waals surface area contributed by atoms with Gasteiger partial charge in [-0.2, -0.15) is 4.31 Å². The van der Waals surface area contributed by atoms with Gasteiger partial charge in [0.15, 0.2) is 0 Å². The van der Waals surface area contributed by atoms with E-state index in [1.807, 2.05) is 26.0 Å². The van der Waals surface area contributed by atoms with Crippen molar-refractivity contribution in [3.63, 3.8) is 0 Å². The highest BCUT2D eigenvalue weighted by molar-refractivity contribution is 7.89. The summed E-state index contributed by atoms with van der Waals surface area (Å²) in [5.74, 6) is 0.116. The van der Waals surface area contributed by atoms with Crippen LogP contribution in [-0.2, 0) is 21.2 Å². The number of anilines is 1. The fourth-order valence-corrected chi connectivity index (χ4v) is 5.47. The van der Waals surface area contributed by atoms with Crippen LogP contribution in [-0.4, -0.2) is 49.0 Å². The van der Waals surface area contributed by atoms with Crippen LogP contribution < -0.4 is 10.1 Å². The molecular formula is C24H28N4O5S. The maximum absolute atomic E-state index is 13.0. The average molecular weight is 485 g/mol. The summed E-state index contributed by atoms with van der Waals surface area (Å²) in [5, 5.41) is 10.6. The predicted molar refractivity (Wildman–Crippen MR) is 126 cm³/mol. The molecule has 0 saturated carbocycles. The number of amides is 1. The highest BCUT2D eigenvalue weighted by Gasteiger charge is 2.33. The van der Waals surface area contributed by atoms with Crippen molar-refractivity contribution >= 4 is 21.9 Å². The van der Waals surface area contributed by atoms with Gasteiger partial charge in [-0.05, 0) is 67.6 Å². The summed E-state index contributed by atoms with van der Waals surface area (Å²) >= 11 is 0. The summed E-state index contributed by atoms with van der Waals surface area (Å²) in [7, 11) is -2.20. The maximum Gasteiger partial charge on any atom is 0.322 e. The summed E-state index contributed by atoms with van der Waals surface area (Å²) in [5.41, 5.74) is 3.42. The van der Waals surface area contributed by atoms with Gasteiger partial charge < -0.3 is 9.15 Å². The summed E-state index contributed by atoms with van der Waals surface area (Å²) < 4.78 is 38.1. The molecule has 4 rings (SSSR count). The van der Waals surface area contributed by atoms with E-state index in [4.69, 9.17) is 9.15 Å². The molecule has 1 aliphatic rings. The zero-order chi connectivity index (χ0) is 24.3. The van der Waals surface area contributed by atoms with Gasteiger partial charge in [0.2, 0.25) is 21.8 Å². The molecule has 180 valence electrons. The highest BCUT2D eigenvalue weighted by Crippen LogP contribution is 2.26. The number of aromatic nitrogens is 2. The Balaban J connectivity index is 1.39. The molecule has 2 aromatic carbocycles. The zero-order valence-corrected chi connectivity index (χ0v) is 20.3. The number of rotatable bonds is 7. The maximum atomic E-state index is 13.0. The Labute approximate surface area is 199 Å². The average Bonchev–Trinajstić information content (AvgIpc) is 3.28. The first-order valence-corrected chi connectivity index (χ1v) is 12.5. The van der Waals surface area contributed by atoms with Crippen molar-refractivity contribution in [3.05, 3.63) is 65.0 Å². The van der Waals surface area contributed by atoms with E-state index in [0.29, 0.717) is 37.4 Å². The lowest BCUT2D eigenvalue weighted by molar-refractivity contribution is -0.121. The van der Waals surface area contributed by atoms with E-state index in [1.165, 1.54) is 34.7 Å². The third-order valence-corrected chi connectivity index (χ3v) is 7.96. The molecule has 1 N–H and O–H groups in total. The second-order valence-corrected chi connectivity index (χ2v) is 10.4. The molecule has 1 aromatic heterocycles. The predicted octanol–water partition coefficient (Wildman–Crippen LogP) is 3.33. The summed E-state index contributed by atoms with van der Waals surface area (Å²) in [6.45, 7) is 4.54. The third kappa shape index (κ3) is 5.28. The number of aryl methyl sites for hydroxylation is 2. The van der Waals surface area contributed by atoms with Gasteiger partial charge in [0.25, 0.3) is 0 Å². The molecule has 1 unspecified atom stereocenters. The number of nitrogens with one attached hydrogen (secondary N) is 1. The number of carbonyl (C=O) groups excluding carboxylic acids is 1. The summed E-state index contributed by atoms with van der Waals surface area (Å²) in [6, 6.07) is 12.3. The number of methoxy groups -OCH3 is 1. The van der Waals surface area contributed by atoms with Crippen molar-refractivity contribution in [3.8, 4) is 5.75 Å². The number of piperidine rings is 1. The van der Waals surface area contributed by atoms with Gasteiger partial charge in [-0.15, -0.1) is 5.10 Å². The molecule has 34 heavy (non-hydrogen) atoms. The molecule has 3 aromatic rings. The molecule has 2 heterocycles. The Hall–Kier alpha value is -3.24. The van der Waals surface area contributed by atoms with E-state index in [2.05, 4.69) is 21.6 Å². The molecule has 1 fully saturated rings. The number of sulfonamides is 1. The standard InChI is InChI=1S/C24H28N4O5S/c1-16-6-7-18(13-17(16)2)14-22-26-27-24(33-22)25-23(29)19-5-4-12-28(15-19)34(30,31)21-10-8-20(32-3)9-11-21/h6-11,13,19H,4-5,12,14-15H2,1-3H3,(H,25,27,29). The van der Waals surface area contributed by atoms with E-state index in [-0.39, 0.29) is 23.4 Å². The van der Waals surface area contributed by atoms with Crippen molar-refractivity contribution in [1.82, 2.24) is 14.5 Å². The van der Waals surface area contributed by atoms with Crippen LogP contribution in [0.1, 0.15) is 35.4 Å². The molecule has 9 nitrogen and oxygen atoms in total. The number of carbonyl (C=O) groups is 1. The van der Waals surface area contributed by atoms with Gasteiger partial charge in [0, 0.05) is 13.1 Å². The smallest absolute Gasteiger partial charge is 0.322 e. The van der Waals surface area contributed by atoms with Crippen molar-refractivity contribution in [1.29, 1.82) is 0 Å². The van der Waals surface area contributed by atoms with E-state index >= 15 is 0 Å². The van der Waals surface area contributed by atoms with Crippen LogP contribution in [0.5, 0.6) is 5.75 Å². The van der Waals surface area contributed by atoms with Crippen LogP contribution in [0.4, 0.5) is 6.01 Å². The zero-order valence-electron chi connectivity index (χ0n) is 19.4. The Morgan fingerprint density at radius 1 is 1.15 bits per heavy atom. The van der Waals surface area contributed by atoms with Crippen LogP contribution in [0.2, 0.25) is 0 Å². The molecule has 1 atom stereocenters. The number of hydrogen-bond acceptors (Lipinski definition) is 7. The highest BCUT2D eigenvalue weighted by atomic mass is 32.2. The Kier molecular flexibility index (Phi) is 6.99. The van der Waals surface area contributed by atoms with E-state index in [1.54, 1.807) is 12.1 Å². The minimum Gasteiger partial charge on any atom is -0.497 e. The topological polar surface area (TPSA) is 115 Å². The number of benzene rings is 2. The Morgan fingerprint density at radius 3 is 2.62 bits per heavy atom. The van der Waals surface area contributed by atoms with E-state index in [0.717, 1.165) is 5.56 Å². The largest absolute Gasteiger partial charge is 0.497 e. The summed E-state index contributed by atoms with van der Waals surface area (Å²) in [4.78, 5) is 13.0. The molecule has 10 heteroatoms. The lowest BCUT2D eigenvalue weighted by atomic mass is 9.99. The van der Waals surface area contributed by atoms with Crippen molar-refractivity contribution in [2.24, 2.45) is 5.92 Å². The lowest BCUT2D eigenvalue weighted by Crippen LogP contribution is -2.43. The van der Waals surface area contributed by atoms with Crippen LogP contribution in [0.25, 0.3) is 0 Å². The molecule has 1 saturated heterocycles. The van der Waals surface area contributed by atoms with Crippen molar-refractivity contribution < 1.29 is 22.4 Å². The van der Waals surface area contributed by atoms with Gasteiger partial charge in [0.05, 0.1) is 24.3 Å². The van der Waals surface area contributed by atoms with Gasteiger partial charge in [0.1, 0.15) is 5.75 Å². The number of hydrogen-bond donors (Lipinski definition) is 1. The monoisotopic (exact) mass is 484 g/mol. The van der Waals surface area contributed by atoms with Gasteiger partial charge in [-0.3, -0.25) is 10.1 Å². The Bertz CT molecular complexity index is 1270. The van der Waals surface area contributed by atoms with Crippen LogP contribution >= 0.6 is 0 Å². The molecular weight excluding hydrogens is 456 g/mol. The summed E-state index contributed by atoms with van der Waals surface area (Å²) in [6.07, 6.45) is 1.61. The second-order valence-electron chi connectivity index (χ2n) is 8.46. The van der Waals surface area contributed by atoms with Gasteiger partial charge in [-0.25, -0.2) is 8.42 Å².